The van der Waals surface area contributed by atoms with Gasteiger partial charge in [-0.15, -0.1) is 0 Å². The third kappa shape index (κ3) is 6.78. The van der Waals surface area contributed by atoms with Crippen molar-refractivity contribution in [3.63, 3.8) is 0 Å². The van der Waals surface area contributed by atoms with Gasteiger partial charge in [0.25, 0.3) is 0 Å². The molecule has 1 saturated heterocycles. The highest BCUT2D eigenvalue weighted by atomic mass is 19.1. The number of hydrogen-bond acceptors (Lipinski definition) is 4. The van der Waals surface area contributed by atoms with Gasteiger partial charge < -0.3 is 14.7 Å². The summed E-state index contributed by atoms with van der Waals surface area (Å²) in [4.78, 5) is 18.2. The summed E-state index contributed by atoms with van der Waals surface area (Å²) in [5.41, 5.74) is 2.30. The molecule has 2 aromatic carbocycles. The first-order valence-corrected chi connectivity index (χ1v) is 12.7. The van der Waals surface area contributed by atoms with Crippen molar-refractivity contribution < 1.29 is 23.4 Å². The normalized spacial score (nSPS) is 19.3. The lowest BCUT2D eigenvalue weighted by Crippen LogP contribution is -2.42. The minimum absolute atomic E-state index is 0.00750. The Morgan fingerprint density at radius 1 is 1.22 bits per heavy atom. The lowest BCUT2D eigenvalue weighted by Gasteiger charge is -2.38. The fourth-order valence-corrected chi connectivity index (χ4v) is 5.46. The summed E-state index contributed by atoms with van der Waals surface area (Å²) >= 11 is 0. The predicted octanol–water partition coefficient (Wildman–Crippen LogP) is 6.22. The Hall–Kier alpha value is -3.06. The molecule has 1 N–H and O–H groups in total. The van der Waals surface area contributed by atoms with Crippen LogP contribution in [0.15, 0.2) is 54.7 Å². The Balaban J connectivity index is 1.34. The maximum Gasteiger partial charge on any atom is 0.303 e. The number of carboxylic acids is 1. The molecule has 1 aliphatic heterocycles. The number of ether oxygens (including phenoxy) is 1. The zero-order valence-electron chi connectivity index (χ0n) is 20.7. The molecule has 192 valence electrons. The molecular formula is C29H34F2N2O3. The van der Waals surface area contributed by atoms with E-state index in [9.17, 15) is 14.3 Å². The third-order valence-electron chi connectivity index (χ3n) is 7.35. The van der Waals surface area contributed by atoms with E-state index >= 15 is 4.39 Å². The molecule has 5 nitrogen and oxygen atoms in total. The zero-order valence-corrected chi connectivity index (χ0v) is 20.7. The fourth-order valence-electron chi connectivity index (χ4n) is 5.46. The highest BCUT2D eigenvalue weighted by Crippen LogP contribution is 2.36. The minimum atomic E-state index is -1.16. The van der Waals surface area contributed by atoms with Crippen molar-refractivity contribution in [3.05, 3.63) is 71.7 Å². The van der Waals surface area contributed by atoms with Crippen LogP contribution >= 0.6 is 0 Å². The number of aliphatic carboxylic acids is 1. The number of piperidine rings is 1. The molecular weight excluding hydrogens is 462 g/mol. The van der Waals surface area contributed by atoms with E-state index in [1.807, 2.05) is 24.3 Å². The molecule has 36 heavy (non-hydrogen) atoms. The molecule has 0 amide bonds. The van der Waals surface area contributed by atoms with Crippen molar-refractivity contribution in [2.45, 2.75) is 44.7 Å². The molecule has 3 aromatic rings. The number of rotatable bonds is 11. The molecule has 0 unspecified atom stereocenters. The first kappa shape index (κ1) is 26.0. The van der Waals surface area contributed by atoms with Gasteiger partial charge in [0, 0.05) is 24.5 Å². The quantitative estimate of drug-likeness (QED) is 0.342. The van der Waals surface area contributed by atoms with Crippen LogP contribution in [0, 0.1) is 17.7 Å². The number of hydrogen-bond donors (Lipinski definition) is 1. The monoisotopic (exact) mass is 496 g/mol. The Morgan fingerprint density at radius 3 is 2.86 bits per heavy atom. The Labute approximate surface area is 211 Å². The average Bonchev–Trinajstić information content (AvgIpc) is 2.87. The number of likely N-dealkylation sites (tertiary alicyclic amines) is 1. The Kier molecular flexibility index (Phi) is 8.86. The smallest absolute Gasteiger partial charge is 0.303 e. The number of nitrogens with zero attached hydrogens (tertiary/aromatic N) is 2. The highest BCUT2D eigenvalue weighted by molar-refractivity contribution is 5.83. The number of halogens is 2. The van der Waals surface area contributed by atoms with Gasteiger partial charge in [-0.2, -0.15) is 0 Å². The molecule has 7 heteroatoms. The minimum Gasteiger partial charge on any atom is -0.497 e. The summed E-state index contributed by atoms with van der Waals surface area (Å²) in [6.45, 7) is 2.42. The van der Waals surface area contributed by atoms with Gasteiger partial charge in [0.2, 0.25) is 0 Å². The van der Waals surface area contributed by atoms with E-state index in [0.29, 0.717) is 30.7 Å². The number of aromatic nitrogens is 1. The Morgan fingerprint density at radius 2 is 2.08 bits per heavy atom. The topological polar surface area (TPSA) is 62.7 Å². The molecule has 4 rings (SSSR count). The highest BCUT2D eigenvalue weighted by Gasteiger charge is 2.31. The van der Waals surface area contributed by atoms with Crippen LogP contribution in [0.5, 0.6) is 5.75 Å². The number of aryl methyl sites for hydroxylation is 1. The van der Waals surface area contributed by atoms with Gasteiger partial charge in [-0.1, -0.05) is 12.1 Å². The third-order valence-corrected chi connectivity index (χ3v) is 7.35. The molecule has 0 saturated carbocycles. The van der Waals surface area contributed by atoms with Gasteiger partial charge in [-0.3, -0.25) is 9.78 Å². The zero-order chi connectivity index (χ0) is 25.5. The lowest BCUT2D eigenvalue weighted by molar-refractivity contribution is -0.139. The summed E-state index contributed by atoms with van der Waals surface area (Å²) in [5, 5.41) is 10.2. The number of alkyl halides is 1. The largest absolute Gasteiger partial charge is 0.497 e. The number of pyridine rings is 1. The fraction of sp³-hybridized carbons (Fsp3) is 0.448. The molecule has 1 fully saturated rings. The van der Waals surface area contributed by atoms with Crippen LogP contribution in [-0.2, 0) is 11.2 Å². The second-order valence-corrected chi connectivity index (χ2v) is 9.77. The van der Waals surface area contributed by atoms with E-state index in [1.165, 1.54) is 6.07 Å². The number of carboxylic acid groups (broad SMARTS) is 1. The van der Waals surface area contributed by atoms with E-state index in [-0.39, 0.29) is 24.1 Å². The molecule has 0 aliphatic carbocycles. The number of benzene rings is 2. The molecule has 0 spiro atoms. The van der Waals surface area contributed by atoms with Crippen LogP contribution in [0.4, 0.5) is 8.78 Å². The second kappa shape index (κ2) is 12.3. The van der Waals surface area contributed by atoms with Crippen LogP contribution in [0.3, 0.4) is 0 Å². The molecule has 2 heterocycles. The van der Waals surface area contributed by atoms with Crippen LogP contribution in [-0.4, -0.2) is 47.7 Å². The lowest BCUT2D eigenvalue weighted by atomic mass is 9.79. The summed E-state index contributed by atoms with van der Waals surface area (Å²) in [6, 6.07) is 13.9. The first-order valence-electron chi connectivity index (χ1n) is 12.7. The Bertz CT molecular complexity index is 1170. The van der Waals surface area contributed by atoms with E-state index in [2.05, 4.69) is 9.88 Å². The average molecular weight is 497 g/mol. The second-order valence-electron chi connectivity index (χ2n) is 9.77. The van der Waals surface area contributed by atoms with Gasteiger partial charge in [0.05, 0.1) is 12.6 Å². The number of carbonyl (C=O) groups is 1. The molecule has 0 bridgehead atoms. The van der Waals surface area contributed by atoms with Crippen molar-refractivity contribution in [2.24, 2.45) is 11.8 Å². The number of methoxy groups -OCH3 is 1. The predicted molar refractivity (Wildman–Crippen MR) is 136 cm³/mol. The summed E-state index contributed by atoms with van der Waals surface area (Å²) in [7, 11) is 1.58. The molecule has 0 radical (unpaired) electrons. The SMILES string of the molecule is COc1ccc2nccc([C@H](F)CC[C@@H]3CCN(CCCc4cccc(F)c4)C[C@@H]3CC(=O)O)c2c1. The van der Waals surface area contributed by atoms with Gasteiger partial charge >= 0.3 is 5.97 Å². The maximum absolute atomic E-state index is 15.5. The van der Waals surface area contributed by atoms with Crippen molar-refractivity contribution in [2.75, 3.05) is 26.7 Å². The van der Waals surface area contributed by atoms with Crippen LogP contribution in [0.1, 0.15) is 49.4 Å². The molecule has 1 aliphatic rings. The van der Waals surface area contributed by atoms with E-state index in [1.54, 1.807) is 31.5 Å². The van der Waals surface area contributed by atoms with Crippen molar-refractivity contribution >= 4 is 16.9 Å². The summed E-state index contributed by atoms with van der Waals surface area (Å²) in [6.07, 6.45) is 4.09. The van der Waals surface area contributed by atoms with E-state index in [4.69, 9.17) is 4.74 Å². The van der Waals surface area contributed by atoms with Gasteiger partial charge in [-0.05, 0) is 105 Å². The van der Waals surface area contributed by atoms with Gasteiger partial charge in [0.15, 0.2) is 0 Å². The van der Waals surface area contributed by atoms with Crippen molar-refractivity contribution in [3.8, 4) is 5.75 Å². The maximum atomic E-state index is 15.5. The molecule has 1 aromatic heterocycles. The van der Waals surface area contributed by atoms with Gasteiger partial charge in [-0.25, -0.2) is 8.78 Å². The summed E-state index contributed by atoms with van der Waals surface area (Å²) < 4.78 is 34.2. The van der Waals surface area contributed by atoms with Crippen LogP contribution < -0.4 is 4.74 Å². The molecule has 3 atom stereocenters. The summed E-state index contributed by atoms with van der Waals surface area (Å²) in [5.74, 6) is -0.209. The first-order chi connectivity index (χ1) is 17.4. The number of fused-ring (bicyclic) bond motifs is 1. The van der Waals surface area contributed by atoms with Crippen molar-refractivity contribution in [1.82, 2.24) is 9.88 Å². The van der Waals surface area contributed by atoms with Crippen LogP contribution in [0.2, 0.25) is 0 Å². The van der Waals surface area contributed by atoms with Crippen LogP contribution in [0.25, 0.3) is 10.9 Å². The van der Waals surface area contributed by atoms with Crippen molar-refractivity contribution in [1.29, 1.82) is 0 Å². The van der Waals surface area contributed by atoms with E-state index < -0.39 is 12.1 Å². The van der Waals surface area contributed by atoms with E-state index in [0.717, 1.165) is 48.8 Å². The standard InChI is InChI=1S/C29H34F2N2O3/c1-36-24-8-10-28-26(18-24)25(11-13-32-28)27(31)9-7-21-12-15-33(19-22(21)17-29(34)35)14-3-5-20-4-2-6-23(30)16-20/h2,4,6,8,10-11,13,16,18,21-22,27H,3,5,7,9,12,14-15,17,19H2,1H3,(H,34,35)/t21-,22+,27-/m1/s1. The van der Waals surface area contributed by atoms with Gasteiger partial charge in [0.1, 0.15) is 17.7 Å².